The molecule has 0 radical (unpaired) electrons. The highest BCUT2D eigenvalue weighted by molar-refractivity contribution is 6.32. The van der Waals surface area contributed by atoms with Gasteiger partial charge in [-0.15, -0.1) is 0 Å². The molecule has 0 atom stereocenters. The predicted octanol–water partition coefficient (Wildman–Crippen LogP) is 1.88. The molecule has 110 valence electrons. The van der Waals surface area contributed by atoms with E-state index in [2.05, 4.69) is 4.98 Å². The Morgan fingerprint density at radius 2 is 2.20 bits per heavy atom. The van der Waals surface area contributed by atoms with Crippen LogP contribution in [0.2, 0.25) is 5.15 Å². The van der Waals surface area contributed by atoms with E-state index in [-0.39, 0.29) is 17.3 Å². The number of hydrogen-bond donors (Lipinski definition) is 1. The highest BCUT2D eigenvalue weighted by Gasteiger charge is 2.29. The Kier molecular flexibility index (Phi) is 5.02. The number of pyridine rings is 1. The summed E-state index contributed by atoms with van der Waals surface area (Å²) >= 11 is 5.68. The lowest BCUT2D eigenvalue weighted by Crippen LogP contribution is -2.42. The van der Waals surface area contributed by atoms with Gasteiger partial charge < -0.3 is 10.0 Å². The second-order valence-electron chi connectivity index (χ2n) is 4.89. The second-order valence-corrected chi connectivity index (χ2v) is 5.24. The molecule has 0 spiro atoms. The SMILES string of the molecule is CCN(CC(C)(C)O)C(=O)c1ccnc(Cl)c1[N+](=O)[O-]. The molecule has 1 aromatic heterocycles. The van der Waals surface area contributed by atoms with Crippen LogP contribution in [0.5, 0.6) is 0 Å². The maximum atomic E-state index is 12.4. The van der Waals surface area contributed by atoms with Gasteiger partial charge >= 0.3 is 5.69 Å². The Balaban J connectivity index is 3.20. The molecule has 0 aliphatic rings. The largest absolute Gasteiger partial charge is 0.389 e. The first kappa shape index (κ1) is 16.3. The van der Waals surface area contributed by atoms with Gasteiger partial charge in [0.2, 0.25) is 5.15 Å². The summed E-state index contributed by atoms with van der Waals surface area (Å²) in [6.45, 7) is 5.19. The summed E-state index contributed by atoms with van der Waals surface area (Å²) in [4.78, 5) is 27.5. The summed E-state index contributed by atoms with van der Waals surface area (Å²) in [5.74, 6) is -0.564. The van der Waals surface area contributed by atoms with E-state index in [0.29, 0.717) is 6.54 Å². The number of carbonyl (C=O) groups excluding carboxylic acids is 1. The number of amides is 1. The third-order valence-corrected chi connectivity index (χ3v) is 2.82. The van der Waals surface area contributed by atoms with Crippen molar-refractivity contribution in [3.63, 3.8) is 0 Å². The fourth-order valence-electron chi connectivity index (χ4n) is 1.74. The average molecular weight is 302 g/mol. The van der Waals surface area contributed by atoms with E-state index in [1.807, 2.05) is 0 Å². The number of aromatic nitrogens is 1. The molecule has 1 heterocycles. The highest BCUT2D eigenvalue weighted by Crippen LogP contribution is 2.27. The Morgan fingerprint density at radius 1 is 1.60 bits per heavy atom. The molecule has 1 amide bonds. The van der Waals surface area contributed by atoms with Crippen LogP contribution in [0.15, 0.2) is 12.3 Å². The van der Waals surface area contributed by atoms with Gasteiger partial charge in [0.1, 0.15) is 5.56 Å². The Hall–Kier alpha value is -1.73. The summed E-state index contributed by atoms with van der Waals surface area (Å²) < 4.78 is 0. The first-order valence-electron chi connectivity index (χ1n) is 5.98. The first-order chi connectivity index (χ1) is 9.17. The topological polar surface area (TPSA) is 96.6 Å². The normalized spacial score (nSPS) is 11.2. The van der Waals surface area contributed by atoms with Gasteiger partial charge in [-0.3, -0.25) is 14.9 Å². The van der Waals surface area contributed by atoms with Gasteiger partial charge in [-0.25, -0.2) is 4.98 Å². The number of nitrogens with zero attached hydrogens (tertiary/aromatic N) is 3. The van der Waals surface area contributed by atoms with Crippen molar-refractivity contribution in [3.8, 4) is 0 Å². The van der Waals surface area contributed by atoms with Gasteiger partial charge in [-0.2, -0.15) is 0 Å². The van der Waals surface area contributed by atoms with Crippen LogP contribution in [0.1, 0.15) is 31.1 Å². The molecule has 8 heteroatoms. The zero-order valence-corrected chi connectivity index (χ0v) is 12.2. The molecular weight excluding hydrogens is 286 g/mol. The zero-order valence-electron chi connectivity index (χ0n) is 11.5. The van der Waals surface area contributed by atoms with Crippen molar-refractivity contribution >= 4 is 23.2 Å². The molecule has 0 aliphatic heterocycles. The molecule has 20 heavy (non-hydrogen) atoms. The number of rotatable bonds is 5. The number of aliphatic hydroxyl groups is 1. The van der Waals surface area contributed by atoms with Crippen LogP contribution in [0.3, 0.4) is 0 Å². The summed E-state index contributed by atoms with van der Waals surface area (Å²) in [7, 11) is 0. The van der Waals surface area contributed by atoms with Crippen LogP contribution in [-0.2, 0) is 0 Å². The molecule has 0 fully saturated rings. The summed E-state index contributed by atoms with van der Waals surface area (Å²) in [5, 5.41) is 20.5. The van der Waals surface area contributed by atoms with Crippen molar-refractivity contribution in [1.29, 1.82) is 0 Å². The number of halogens is 1. The Morgan fingerprint density at radius 3 is 2.65 bits per heavy atom. The molecule has 0 unspecified atom stereocenters. The monoisotopic (exact) mass is 301 g/mol. The van der Waals surface area contributed by atoms with E-state index in [1.54, 1.807) is 20.8 Å². The van der Waals surface area contributed by atoms with E-state index in [1.165, 1.54) is 17.2 Å². The summed E-state index contributed by atoms with van der Waals surface area (Å²) in [5.41, 5.74) is -1.76. The summed E-state index contributed by atoms with van der Waals surface area (Å²) in [6, 6.07) is 1.25. The highest BCUT2D eigenvalue weighted by atomic mass is 35.5. The molecule has 0 aliphatic carbocycles. The van der Waals surface area contributed by atoms with Crippen molar-refractivity contribution in [2.24, 2.45) is 0 Å². The zero-order chi connectivity index (χ0) is 15.5. The fourth-order valence-corrected chi connectivity index (χ4v) is 1.97. The van der Waals surface area contributed by atoms with E-state index < -0.39 is 22.1 Å². The molecule has 0 bridgehead atoms. The van der Waals surface area contributed by atoms with Gasteiger partial charge in [0.15, 0.2) is 0 Å². The molecule has 1 aromatic rings. The fraction of sp³-hybridized carbons (Fsp3) is 0.500. The lowest BCUT2D eigenvalue weighted by Gasteiger charge is -2.28. The van der Waals surface area contributed by atoms with Crippen LogP contribution >= 0.6 is 11.6 Å². The molecule has 7 nitrogen and oxygen atoms in total. The maximum absolute atomic E-state index is 12.4. The lowest BCUT2D eigenvalue weighted by atomic mass is 10.1. The van der Waals surface area contributed by atoms with E-state index in [4.69, 9.17) is 11.6 Å². The van der Waals surface area contributed by atoms with Crippen molar-refractivity contribution in [2.75, 3.05) is 13.1 Å². The number of carbonyl (C=O) groups is 1. The smallest absolute Gasteiger partial charge is 0.319 e. The molecule has 0 saturated carbocycles. The van der Waals surface area contributed by atoms with E-state index in [0.717, 1.165) is 0 Å². The number of likely N-dealkylation sites (N-methyl/N-ethyl adjacent to an activating group) is 1. The Labute approximate surface area is 121 Å². The number of hydrogen-bond acceptors (Lipinski definition) is 5. The average Bonchev–Trinajstić information content (AvgIpc) is 2.33. The molecule has 0 saturated heterocycles. The third kappa shape index (κ3) is 3.88. The standard InChI is InChI=1S/C12H16ClN3O4/c1-4-15(7-12(2,3)18)11(17)8-5-6-14-10(13)9(8)16(19)20/h5-6,18H,4,7H2,1-3H3. The molecular formula is C12H16ClN3O4. The van der Waals surface area contributed by atoms with Gasteiger partial charge in [-0.1, -0.05) is 11.6 Å². The van der Waals surface area contributed by atoms with Gasteiger partial charge in [0, 0.05) is 19.3 Å². The van der Waals surface area contributed by atoms with Gasteiger partial charge in [-0.05, 0) is 26.8 Å². The first-order valence-corrected chi connectivity index (χ1v) is 6.35. The van der Waals surface area contributed by atoms with Crippen LogP contribution in [0.25, 0.3) is 0 Å². The van der Waals surface area contributed by atoms with E-state index >= 15 is 0 Å². The van der Waals surface area contributed by atoms with Crippen LogP contribution in [-0.4, -0.2) is 44.5 Å². The van der Waals surface area contributed by atoms with Crippen molar-refractivity contribution < 1.29 is 14.8 Å². The third-order valence-electron chi connectivity index (χ3n) is 2.54. The second kappa shape index (κ2) is 6.15. The lowest BCUT2D eigenvalue weighted by molar-refractivity contribution is -0.385. The minimum atomic E-state index is -1.10. The molecule has 0 aromatic carbocycles. The van der Waals surface area contributed by atoms with Crippen LogP contribution in [0, 0.1) is 10.1 Å². The van der Waals surface area contributed by atoms with Gasteiger partial charge in [0.25, 0.3) is 5.91 Å². The maximum Gasteiger partial charge on any atom is 0.319 e. The Bertz CT molecular complexity index is 528. The molecule has 1 rings (SSSR count). The quantitative estimate of drug-likeness (QED) is 0.509. The minimum absolute atomic E-state index is 0.0550. The van der Waals surface area contributed by atoms with Crippen LogP contribution < -0.4 is 0 Å². The predicted molar refractivity (Wildman–Crippen MR) is 73.8 cm³/mol. The van der Waals surface area contributed by atoms with Crippen LogP contribution in [0.4, 0.5) is 5.69 Å². The number of nitro groups is 1. The van der Waals surface area contributed by atoms with Crippen molar-refractivity contribution in [3.05, 3.63) is 33.1 Å². The minimum Gasteiger partial charge on any atom is -0.389 e. The van der Waals surface area contributed by atoms with Crippen molar-refractivity contribution in [2.45, 2.75) is 26.4 Å². The van der Waals surface area contributed by atoms with E-state index in [9.17, 15) is 20.0 Å². The molecule has 1 N–H and O–H groups in total. The van der Waals surface area contributed by atoms with Gasteiger partial charge in [0.05, 0.1) is 10.5 Å². The van der Waals surface area contributed by atoms with Crippen molar-refractivity contribution in [1.82, 2.24) is 9.88 Å². The summed E-state index contributed by atoms with van der Waals surface area (Å²) in [6.07, 6.45) is 1.24.